The van der Waals surface area contributed by atoms with Crippen LogP contribution in [0.2, 0.25) is 5.02 Å². The van der Waals surface area contributed by atoms with Gasteiger partial charge in [-0.25, -0.2) is 0 Å². The highest BCUT2D eigenvalue weighted by atomic mass is 35.5. The Hall–Kier alpha value is -0.610. The van der Waals surface area contributed by atoms with Crippen LogP contribution < -0.4 is 5.73 Å². The summed E-state index contributed by atoms with van der Waals surface area (Å²) in [6.45, 7) is 2.24. The molecule has 3 N–H and O–H groups in total. The molecule has 0 fully saturated rings. The second-order valence-electron chi connectivity index (χ2n) is 3.79. The van der Waals surface area contributed by atoms with Gasteiger partial charge in [0.2, 0.25) is 0 Å². The highest BCUT2D eigenvalue weighted by Gasteiger charge is 2.28. The third-order valence-electron chi connectivity index (χ3n) is 2.89. The summed E-state index contributed by atoms with van der Waals surface area (Å²) in [5.41, 5.74) is 8.23. The van der Waals surface area contributed by atoms with Crippen LogP contribution in [0.15, 0.2) is 18.2 Å². The smallest absolute Gasteiger partial charge is 0.0558 e. The lowest BCUT2D eigenvalue weighted by Gasteiger charge is -2.22. The van der Waals surface area contributed by atoms with Crippen molar-refractivity contribution in [3.8, 4) is 0 Å². The first-order valence-electron chi connectivity index (χ1n) is 5.09. The molecule has 0 aromatic heterocycles. The Morgan fingerprint density at radius 2 is 2.33 bits per heavy atom. The molecule has 0 saturated heterocycles. The quantitative estimate of drug-likeness (QED) is 0.813. The summed E-state index contributed by atoms with van der Waals surface area (Å²) in [5.74, 6) is 0. The van der Waals surface area contributed by atoms with Gasteiger partial charge in [0.25, 0.3) is 0 Å². The minimum absolute atomic E-state index is 0.165. The number of aliphatic hydroxyl groups excluding tert-OH is 1. The van der Waals surface area contributed by atoms with Crippen molar-refractivity contribution in [2.45, 2.75) is 12.6 Å². The maximum Gasteiger partial charge on any atom is 0.0558 e. The molecule has 0 bridgehead atoms. The molecule has 0 aliphatic carbocycles. The normalized spacial score (nSPS) is 20.6. The molecule has 0 amide bonds. The van der Waals surface area contributed by atoms with Gasteiger partial charge in [0.1, 0.15) is 0 Å². The first-order chi connectivity index (χ1) is 7.26. The van der Waals surface area contributed by atoms with E-state index in [1.807, 2.05) is 18.2 Å². The second kappa shape index (κ2) is 4.49. The zero-order chi connectivity index (χ0) is 10.8. The molecule has 1 atom stereocenters. The van der Waals surface area contributed by atoms with Crippen LogP contribution in [0.3, 0.4) is 0 Å². The number of benzene rings is 1. The Morgan fingerprint density at radius 1 is 1.53 bits per heavy atom. The fourth-order valence-corrected chi connectivity index (χ4v) is 2.37. The number of β-amino-alcohol motifs (C(OH)–C–C–N with tert-alkyl or cyclic N) is 1. The Morgan fingerprint density at radius 3 is 3.00 bits per heavy atom. The molecule has 0 saturated carbocycles. The molecule has 0 spiro atoms. The fourth-order valence-electron chi connectivity index (χ4n) is 2.19. The van der Waals surface area contributed by atoms with Crippen molar-refractivity contribution in [3.05, 3.63) is 34.3 Å². The molecule has 15 heavy (non-hydrogen) atoms. The van der Waals surface area contributed by atoms with Crippen molar-refractivity contribution in [2.24, 2.45) is 5.73 Å². The van der Waals surface area contributed by atoms with Crippen LogP contribution in [0.25, 0.3) is 0 Å². The van der Waals surface area contributed by atoms with Crippen LogP contribution in [0.4, 0.5) is 0 Å². The van der Waals surface area contributed by atoms with E-state index in [0.29, 0.717) is 13.1 Å². The van der Waals surface area contributed by atoms with E-state index in [2.05, 4.69) is 4.90 Å². The Bertz CT molecular complexity index is 356. The number of nitrogens with two attached hydrogens (primary N) is 1. The lowest BCUT2D eigenvalue weighted by Crippen LogP contribution is -2.30. The van der Waals surface area contributed by atoms with Gasteiger partial charge < -0.3 is 10.8 Å². The van der Waals surface area contributed by atoms with Crippen molar-refractivity contribution in [3.63, 3.8) is 0 Å². The third kappa shape index (κ3) is 2.01. The number of hydrogen-bond acceptors (Lipinski definition) is 3. The molecule has 1 aliphatic rings. The van der Waals surface area contributed by atoms with Gasteiger partial charge in [-0.2, -0.15) is 0 Å². The van der Waals surface area contributed by atoms with E-state index in [0.717, 1.165) is 11.6 Å². The zero-order valence-electron chi connectivity index (χ0n) is 8.49. The lowest BCUT2D eigenvalue weighted by atomic mass is 10.1. The van der Waals surface area contributed by atoms with Crippen molar-refractivity contribution < 1.29 is 5.11 Å². The molecule has 1 aliphatic heterocycles. The van der Waals surface area contributed by atoms with Crippen molar-refractivity contribution in [1.29, 1.82) is 0 Å². The van der Waals surface area contributed by atoms with Crippen molar-refractivity contribution in [2.75, 3.05) is 19.7 Å². The van der Waals surface area contributed by atoms with Crippen LogP contribution >= 0.6 is 11.6 Å². The van der Waals surface area contributed by atoms with Gasteiger partial charge in [0.15, 0.2) is 0 Å². The van der Waals surface area contributed by atoms with Crippen LogP contribution in [0, 0.1) is 0 Å². The van der Waals surface area contributed by atoms with Gasteiger partial charge in [-0.3, -0.25) is 4.90 Å². The van der Waals surface area contributed by atoms with E-state index in [9.17, 15) is 0 Å². The monoisotopic (exact) mass is 226 g/mol. The molecule has 0 radical (unpaired) electrons. The molecule has 2 rings (SSSR count). The zero-order valence-corrected chi connectivity index (χ0v) is 9.24. The van der Waals surface area contributed by atoms with E-state index in [1.165, 1.54) is 11.1 Å². The van der Waals surface area contributed by atoms with E-state index in [4.69, 9.17) is 22.4 Å². The van der Waals surface area contributed by atoms with E-state index >= 15 is 0 Å². The average molecular weight is 227 g/mol. The predicted octanol–water partition coefficient (Wildman–Crippen LogP) is 1.15. The fraction of sp³-hybridized carbons (Fsp3) is 0.455. The number of nitrogens with zero attached hydrogens (tertiary/aromatic N) is 1. The highest BCUT2D eigenvalue weighted by Crippen LogP contribution is 2.34. The summed E-state index contributed by atoms with van der Waals surface area (Å²) >= 11 is 5.96. The number of aliphatic hydroxyl groups is 1. The van der Waals surface area contributed by atoms with Crippen LogP contribution in [0.5, 0.6) is 0 Å². The van der Waals surface area contributed by atoms with Crippen molar-refractivity contribution in [1.82, 2.24) is 4.90 Å². The largest absolute Gasteiger partial charge is 0.395 e. The average Bonchev–Trinajstić information content (AvgIpc) is 2.55. The molecule has 1 heterocycles. The Balaban J connectivity index is 2.29. The SMILES string of the molecule is NCC1c2cc(Cl)ccc2CN1CCO. The van der Waals surface area contributed by atoms with E-state index in [-0.39, 0.29) is 12.6 Å². The van der Waals surface area contributed by atoms with Crippen LogP contribution in [-0.2, 0) is 6.54 Å². The third-order valence-corrected chi connectivity index (χ3v) is 3.13. The van der Waals surface area contributed by atoms with Gasteiger partial charge in [0.05, 0.1) is 6.61 Å². The number of hydrogen-bond donors (Lipinski definition) is 2. The molecule has 1 aromatic rings. The van der Waals surface area contributed by atoms with Gasteiger partial charge in [0, 0.05) is 30.7 Å². The predicted molar refractivity (Wildman–Crippen MR) is 60.7 cm³/mol. The molecular weight excluding hydrogens is 212 g/mol. The lowest BCUT2D eigenvalue weighted by molar-refractivity contribution is 0.164. The molecule has 1 unspecified atom stereocenters. The summed E-state index contributed by atoms with van der Waals surface area (Å²) in [6, 6.07) is 6.12. The van der Waals surface area contributed by atoms with E-state index < -0.39 is 0 Å². The topological polar surface area (TPSA) is 49.5 Å². The maximum atomic E-state index is 8.97. The summed E-state index contributed by atoms with van der Waals surface area (Å²) in [7, 11) is 0. The van der Waals surface area contributed by atoms with Gasteiger partial charge in [-0.15, -0.1) is 0 Å². The summed E-state index contributed by atoms with van der Waals surface area (Å²) < 4.78 is 0. The summed E-state index contributed by atoms with van der Waals surface area (Å²) in [4.78, 5) is 2.18. The number of halogens is 1. The number of rotatable bonds is 3. The maximum absolute atomic E-state index is 8.97. The van der Waals surface area contributed by atoms with Gasteiger partial charge >= 0.3 is 0 Å². The minimum Gasteiger partial charge on any atom is -0.395 e. The van der Waals surface area contributed by atoms with Gasteiger partial charge in [-0.05, 0) is 23.3 Å². The second-order valence-corrected chi connectivity index (χ2v) is 4.23. The summed E-state index contributed by atoms with van der Waals surface area (Å²) in [5, 5.41) is 9.71. The first-order valence-corrected chi connectivity index (χ1v) is 5.47. The standard InChI is InChI=1S/C11H15ClN2O/c12-9-2-1-8-7-14(3-4-15)11(6-13)10(8)5-9/h1-2,5,11,15H,3-4,6-7,13H2. The molecule has 3 nitrogen and oxygen atoms in total. The molecular formula is C11H15ClN2O. The minimum atomic E-state index is 0.165. The van der Waals surface area contributed by atoms with Crippen LogP contribution in [0.1, 0.15) is 17.2 Å². The summed E-state index contributed by atoms with van der Waals surface area (Å²) in [6.07, 6.45) is 0. The van der Waals surface area contributed by atoms with Gasteiger partial charge in [-0.1, -0.05) is 17.7 Å². The number of fused-ring (bicyclic) bond motifs is 1. The molecule has 1 aromatic carbocycles. The van der Waals surface area contributed by atoms with E-state index in [1.54, 1.807) is 0 Å². The Kier molecular flexibility index (Phi) is 3.26. The molecule has 4 heteroatoms. The van der Waals surface area contributed by atoms with Crippen LogP contribution in [-0.4, -0.2) is 29.7 Å². The Labute approximate surface area is 94.4 Å². The van der Waals surface area contributed by atoms with Crippen molar-refractivity contribution >= 4 is 11.6 Å². The highest BCUT2D eigenvalue weighted by molar-refractivity contribution is 6.30. The molecule has 82 valence electrons. The first kappa shape index (κ1) is 10.9.